The maximum absolute atomic E-state index is 10.7. The van der Waals surface area contributed by atoms with Crippen LogP contribution in [0.15, 0.2) is 6.20 Å². The minimum Gasteiger partial charge on any atom is -0.363 e. The van der Waals surface area contributed by atoms with Crippen molar-refractivity contribution >= 4 is 17.9 Å². The summed E-state index contributed by atoms with van der Waals surface area (Å²) in [4.78, 5) is 13.7. The highest BCUT2D eigenvalue weighted by Gasteiger charge is 2.22. The molecule has 1 unspecified atom stereocenters. The van der Waals surface area contributed by atoms with Crippen molar-refractivity contribution in [3.05, 3.63) is 22.5 Å². The lowest BCUT2D eigenvalue weighted by Crippen LogP contribution is -2.09. The molecule has 64 valence electrons. The van der Waals surface area contributed by atoms with E-state index in [2.05, 4.69) is 4.98 Å². The lowest BCUT2D eigenvalue weighted by Gasteiger charge is -2.17. The van der Waals surface area contributed by atoms with Crippen molar-refractivity contribution < 1.29 is 4.79 Å². The second kappa shape index (κ2) is 2.94. The Bertz CT molecular complexity index is 305. The van der Waals surface area contributed by atoms with Crippen molar-refractivity contribution in [1.82, 2.24) is 4.98 Å². The SMILES string of the molecule is O=CC1CCCc2c(Cl)c[nH]c21. The molecule has 1 atom stereocenters. The summed E-state index contributed by atoms with van der Waals surface area (Å²) in [5, 5.41) is 0.775. The summed E-state index contributed by atoms with van der Waals surface area (Å²) in [5.74, 6) is 0.0428. The molecule has 0 saturated heterocycles. The van der Waals surface area contributed by atoms with E-state index >= 15 is 0 Å². The molecule has 1 aliphatic carbocycles. The number of H-pyrrole nitrogens is 1. The van der Waals surface area contributed by atoms with Gasteiger partial charge in [0.2, 0.25) is 0 Å². The highest BCUT2D eigenvalue weighted by Crippen LogP contribution is 2.33. The van der Waals surface area contributed by atoms with E-state index in [1.165, 1.54) is 0 Å². The zero-order chi connectivity index (χ0) is 8.55. The highest BCUT2D eigenvalue weighted by molar-refractivity contribution is 6.31. The van der Waals surface area contributed by atoms with Crippen molar-refractivity contribution in [3.63, 3.8) is 0 Å². The van der Waals surface area contributed by atoms with Gasteiger partial charge in [0.1, 0.15) is 6.29 Å². The monoisotopic (exact) mass is 183 g/mol. The Kier molecular flexibility index (Phi) is 1.93. The smallest absolute Gasteiger partial charge is 0.128 e. The molecule has 1 aromatic rings. The fourth-order valence-corrected chi connectivity index (χ4v) is 2.06. The Morgan fingerprint density at radius 2 is 2.50 bits per heavy atom. The first-order chi connectivity index (χ1) is 5.83. The van der Waals surface area contributed by atoms with Crippen LogP contribution in [0.1, 0.15) is 30.0 Å². The van der Waals surface area contributed by atoms with Gasteiger partial charge < -0.3 is 9.78 Å². The number of rotatable bonds is 1. The molecule has 3 heteroatoms. The number of hydrogen-bond acceptors (Lipinski definition) is 1. The van der Waals surface area contributed by atoms with Crippen molar-refractivity contribution in [3.8, 4) is 0 Å². The molecule has 12 heavy (non-hydrogen) atoms. The van der Waals surface area contributed by atoms with Gasteiger partial charge in [0.25, 0.3) is 0 Å². The van der Waals surface area contributed by atoms with E-state index in [9.17, 15) is 4.79 Å². The summed E-state index contributed by atoms with van der Waals surface area (Å²) in [7, 11) is 0. The first kappa shape index (κ1) is 7.87. The summed E-state index contributed by atoms with van der Waals surface area (Å²) in [6.45, 7) is 0. The Balaban J connectivity index is 2.45. The predicted octanol–water partition coefficient (Wildman–Crippen LogP) is 2.29. The molecule has 0 fully saturated rings. The summed E-state index contributed by atoms with van der Waals surface area (Å²) in [5.41, 5.74) is 2.17. The number of aromatic nitrogens is 1. The van der Waals surface area contributed by atoms with E-state index in [4.69, 9.17) is 11.6 Å². The van der Waals surface area contributed by atoms with E-state index in [-0.39, 0.29) is 5.92 Å². The molecule has 0 amide bonds. The summed E-state index contributed by atoms with van der Waals surface area (Å²) in [6.07, 6.45) is 5.79. The van der Waals surface area contributed by atoms with Crippen LogP contribution in [-0.4, -0.2) is 11.3 Å². The Labute approximate surface area is 75.9 Å². The van der Waals surface area contributed by atoms with Crippen LogP contribution in [0, 0.1) is 0 Å². The molecule has 0 aliphatic heterocycles. The van der Waals surface area contributed by atoms with Crippen LogP contribution in [0.4, 0.5) is 0 Å². The Hall–Kier alpha value is -0.760. The molecule has 0 bridgehead atoms. The van der Waals surface area contributed by atoms with Crippen LogP contribution in [0.5, 0.6) is 0 Å². The van der Waals surface area contributed by atoms with Gasteiger partial charge in [-0.25, -0.2) is 0 Å². The number of halogens is 1. The number of aldehydes is 1. The Morgan fingerprint density at radius 3 is 3.25 bits per heavy atom. The van der Waals surface area contributed by atoms with Gasteiger partial charge in [0.15, 0.2) is 0 Å². The molecular weight excluding hydrogens is 174 g/mol. The van der Waals surface area contributed by atoms with E-state index in [0.717, 1.165) is 41.8 Å². The summed E-state index contributed by atoms with van der Waals surface area (Å²) in [6, 6.07) is 0. The van der Waals surface area contributed by atoms with Gasteiger partial charge in [0, 0.05) is 11.9 Å². The third-order valence-corrected chi connectivity index (χ3v) is 2.78. The second-order valence-corrected chi connectivity index (χ2v) is 3.57. The molecule has 0 radical (unpaired) electrons. The minimum atomic E-state index is 0.0428. The standard InChI is InChI=1S/C9H10ClNO/c10-8-4-11-9-6(5-12)2-1-3-7(8)9/h4-6,11H,1-3H2. The van der Waals surface area contributed by atoms with Crippen LogP contribution in [0.3, 0.4) is 0 Å². The van der Waals surface area contributed by atoms with Gasteiger partial charge in [-0.05, 0) is 24.8 Å². The average molecular weight is 184 g/mol. The number of carbonyl (C=O) groups is 1. The largest absolute Gasteiger partial charge is 0.363 e. The fraction of sp³-hybridized carbons (Fsp3) is 0.444. The molecule has 1 aliphatic rings. The number of nitrogens with one attached hydrogen (secondary N) is 1. The predicted molar refractivity (Wildman–Crippen MR) is 47.5 cm³/mol. The molecule has 0 saturated carbocycles. The lowest BCUT2D eigenvalue weighted by atomic mass is 9.89. The second-order valence-electron chi connectivity index (χ2n) is 3.16. The van der Waals surface area contributed by atoms with Gasteiger partial charge in [-0.2, -0.15) is 0 Å². The van der Waals surface area contributed by atoms with Crippen molar-refractivity contribution in [2.45, 2.75) is 25.2 Å². The lowest BCUT2D eigenvalue weighted by molar-refractivity contribution is -0.109. The van der Waals surface area contributed by atoms with Crippen molar-refractivity contribution in [2.24, 2.45) is 0 Å². The van der Waals surface area contributed by atoms with Crippen LogP contribution in [0.25, 0.3) is 0 Å². The highest BCUT2D eigenvalue weighted by atomic mass is 35.5. The molecule has 0 spiro atoms. The normalized spacial score (nSPS) is 21.9. The quantitative estimate of drug-likeness (QED) is 0.666. The van der Waals surface area contributed by atoms with Crippen LogP contribution in [0.2, 0.25) is 5.02 Å². The van der Waals surface area contributed by atoms with Crippen molar-refractivity contribution in [2.75, 3.05) is 0 Å². The van der Waals surface area contributed by atoms with E-state index in [1.54, 1.807) is 6.20 Å². The average Bonchev–Trinajstić information content (AvgIpc) is 2.48. The van der Waals surface area contributed by atoms with E-state index < -0.39 is 0 Å². The molecular formula is C9H10ClNO. The molecule has 1 N–H and O–H groups in total. The first-order valence-corrected chi connectivity index (χ1v) is 4.51. The molecule has 0 aromatic carbocycles. The topological polar surface area (TPSA) is 32.9 Å². The number of fused-ring (bicyclic) bond motifs is 1. The zero-order valence-electron chi connectivity index (χ0n) is 6.64. The van der Waals surface area contributed by atoms with Crippen LogP contribution >= 0.6 is 11.6 Å². The van der Waals surface area contributed by atoms with Gasteiger partial charge in [-0.3, -0.25) is 0 Å². The van der Waals surface area contributed by atoms with E-state index in [0.29, 0.717) is 0 Å². The van der Waals surface area contributed by atoms with Gasteiger partial charge in [-0.15, -0.1) is 0 Å². The third-order valence-electron chi connectivity index (χ3n) is 2.44. The third kappa shape index (κ3) is 1.07. The molecule has 2 nitrogen and oxygen atoms in total. The number of hydrogen-bond donors (Lipinski definition) is 1. The van der Waals surface area contributed by atoms with Gasteiger partial charge in [-0.1, -0.05) is 11.6 Å². The maximum Gasteiger partial charge on any atom is 0.128 e. The van der Waals surface area contributed by atoms with Crippen LogP contribution < -0.4 is 0 Å². The minimum absolute atomic E-state index is 0.0428. The molecule has 1 aromatic heterocycles. The number of aromatic amines is 1. The fourth-order valence-electron chi connectivity index (χ4n) is 1.81. The Morgan fingerprint density at radius 1 is 1.67 bits per heavy atom. The summed E-state index contributed by atoms with van der Waals surface area (Å²) >= 11 is 5.93. The van der Waals surface area contributed by atoms with Crippen molar-refractivity contribution in [1.29, 1.82) is 0 Å². The molecule has 1 heterocycles. The van der Waals surface area contributed by atoms with Gasteiger partial charge >= 0.3 is 0 Å². The first-order valence-electron chi connectivity index (χ1n) is 4.14. The zero-order valence-corrected chi connectivity index (χ0v) is 7.40. The number of carbonyl (C=O) groups excluding carboxylic acids is 1. The van der Waals surface area contributed by atoms with Crippen LogP contribution in [-0.2, 0) is 11.2 Å². The van der Waals surface area contributed by atoms with Gasteiger partial charge in [0.05, 0.1) is 10.9 Å². The molecule has 2 rings (SSSR count). The maximum atomic E-state index is 10.7. The van der Waals surface area contributed by atoms with E-state index in [1.807, 2.05) is 0 Å². The summed E-state index contributed by atoms with van der Waals surface area (Å²) < 4.78 is 0.